The molecule has 0 unspecified atom stereocenters. The van der Waals surface area contributed by atoms with Crippen LogP contribution in [0, 0.1) is 3.57 Å². The predicted octanol–water partition coefficient (Wildman–Crippen LogP) is 4.73. The molecule has 3 rings (SSSR count). The van der Waals surface area contributed by atoms with Gasteiger partial charge in [0, 0.05) is 27.6 Å². The van der Waals surface area contributed by atoms with Gasteiger partial charge in [0.2, 0.25) is 0 Å². The van der Waals surface area contributed by atoms with Crippen LogP contribution in [0.15, 0.2) is 30.3 Å². The molecule has 156 valence electrons. The summed E-state index contributed by atoms with van der Waals surface area (Å²) in [6, 6.07) is 9.84. The maximum atomic E-state index is 12.8. The SMILES string of the molecule is CCCCOC(=O)N1CCC[C@H](NC(=O)c2sc(-c3cccc(I)c3)cc2N)C1. The number of halogens is 1. The number of carbonyl (C=O) groups excluding carboxylic acids is 2. The summed E-state index contributed by atoms with van der Waals surface area (Å²) in [5.41, 5.74) is 7.66. The minimum Gasteiger partial charge on any atom is -0.449 e. The number of thiophene rings is 1. The quantitative estimate of drug-likeness (QED) is 0.420. The Balaban J connectivity index is 1.62. The molecule has 0 spiro atoms. The van der Waals surface area contributed by atoms with E-state index in [0.717, 1.165) is 39.7 Å². The molecular formula is C21H26IN3O3S. The second-order valence-corrected chi connectivity index (χ2v) is 9.43. The van der Waals surface area contributed by atoms with Gasteiger partial charge in [0.25, 0.3) is 5.91 Å². The van der Waals surface area contributed by atoms with Crippen molar-refractivity contribution in [3.8, 4) is 10.4 Å². The van der Waals surface area contributed by atoms with Gasteiger partial charge < -0.3 is 20.7 Å². The number of nitrogens with one attached hydrogen (secondary N) is 1. The molecule has 1 aromatic carbocycles. The molecule has 0 radical (unpaired) electrons. The third kappa shape index (κ3) is 5.85. The Bertz CT molecular complexity index is 871. The second-order valence-electron chi connectivity index (χ2n) is 7.13. The Morgan fingerprint density at radius 1 is 1.38 bits per heavy atom. The summed E-state index contributed by atoms with van der Waals surface area (Å²) in [5.74, 6) is -0.185. The maximum absolute atomic E-state index is 12.8. The number of amides is 2. The van der Waals surface area contributed by atoms with Crippen molar-refractivity contribution in [1.29, 1.82) is 0 Å². The fraction of sp³-hybridized carbons (Fsp3) is 0.429. The molecule has 8 heteroatoms. The molecule has 1 atom stereocenters. The molecular weight excluding hydrogens is 501 g/mol. The lowest BCUT2D eigenvalue weighted by atomic mass is 10.1. The third-order valence-corrected chi connectivity index (χ3v) is 6.68. The molecule has 2 amide bonds. The molecule has 1 aromatic heterocycles. The van der Waals surface area contributed by atoms with E-state index in [1.54, 1.807) is 4.90 Å². The van der Waals surface area contributed by atoms with E-state index in [1.165, 1.54) is 11.3 Å². The minimum atomic E-state index is -0.297. The molecule has 3 N–H and O–H groups in total. The average Bonchev–Trinajstić information content (AvgIpc) is 3.10. The van der Waals surface area contributed by atoms with Crippen molar-refractivity contribution in [1.82, 2.24) is 10.2 Å². The van der Waals surface area contributed by atoms with Crippen molar-refractivity contribution in [2.24, 2.45) is 0 Å². The molecule has 6 nitrogen and oxygen atoms in total. The largest absolute Gasteiger partial charge is 0.449 e. The molecule has 0 bridgehead atoms. The fourth-order valence-electron chi connectivity index (χ4n) is 3.27. The highest BCUT2D eigenvalue weighted by atomic mass is 127. The number of carbonyl (C=O) groups is 2. The number of nitrogens with zero attached hydrogens (tertiary/aromatic N) is 1. The van der Waals surface area contributed by atoms with Crippen LogP contribution in [0.1, 0.15) is 42.3 Å². The molecule has 1 saturated heterocycles. The summed E-state index contributed by atoms with van der Waals surface area (Å²) >= 11 is 3.66. The summed E-state index contributed by atoms with van der Waals surface area (Å²) in [6.45, 7) is 3.62. The summed E-state index contributed by atoms with van der Waals surface area (Å²) in [4.78, 5) is 28.2. The van der Waals surface area contributed by atoms with Crippen molar-refractivity contribution in [3.05, 3.63) is 38.8 Å². The zero-order valence-electron chi connectivity index (χ0n) is 16.4. The minimum absolute atomic E-state index is 0.0994. The zero-order chi connectivity index (χ0) is 20.8. The van der Waals surface area contributed by atoms with Crippen LogP contribution in [-0.4, -0.2) is 42.6 Å². The van der Waals surface area contributed by atoms with E-state index in [-0.39, 0.29) is 18.0 Å². The van der Waals surface area contributed by atoms with Crippen LogP contribution in [0.2, 0.25) is 0 Å². The van der Waals surface area contributed by atoms with Gasteiger partial charge in [-0.1, -0.05) is 25.5 Å². The first kappa shape index (κ1) is 21.9. The van der Waals surface area contributed by atoms with Gasteiger partial charge in [-0.05, 0) is 65.6 Å². The highest BCUT2D eigenvalue weighted by Gasteiger charge is 2.27. The number of likely N-dealkylation sites (tertiary alicyclic amines) is 1. The molecule has 0 saturated carbocycles. The first-order valence-electron chi connectivity index (χ1n) is 9.85. The van der Waals surface area contributed by atoms with Crippen molar-refractivity contribution in [2.75, 3.05) is 25.4 Å². The van der Waals surface area contributed by atoms with E-state index in [1.807, 2.05) is 24.3 Å². The molecule has 0 aliphatic carbocycles. The monoisotopic (exact) mass is 527 g/mol. The number of ether oxygens (including phenoxy) is 1. The normalized spacial score (nSPS) is 16.5. The van der Waals surface area contributed by atoms with Crippen LogP contribution in [0.3, 0.4) is 0 Å². The summed E-state index contributed by atoms with van der Waals surface area (Å²) in [5, 5.41) is 3.04. The van der Waals surface area contributed by atoms with Crippen molar-refractivity contribution in [3.63, 3.8) is 0 Å². The maximum Gasteiger partial charge on any atom is 0.409 e. The highest BCUT2D eigenvalue weighted by molar-refractivity contribution is 14.1. The van der Waals surface area contributed by atoms with Gasteiger partial charge in [-0.2, -0.15) is 0 Å². The van der Waals surface area contributed by atoms with Crippen molar-refractivity contribution < 1.29 is 14.3 Å². The molecule has 2 aromatic rings. The molecule has 1 aliphatic rings. The first-order chi connectivity index (χ1) is 14.0. The van der Waals surface area contributed by atoms with E-state index in [0.29, 0.717) is 30.3 Å². The van der Waals surface area contributed by atoms with Gasteiger partial charge in [0.15, 0.2) is 0 Å². The van der Waals surface area contributed by atoms with Crippen molar-refractivity contribution >= 4 is 51.6 Å². The molecule has 1 aliphatic heterocycles. The van der Waals surface area contributed by atoms with Crippen LogP contribution < -0.4 is 11.1 Å². The first-order valence-corrected chi connectivity index (χ1v) is 11.7. The van der Waals surface area contributed by atoms with Gasteiger partial charge >= 0.3 is 6.09 Å². The summed E-state index contributed by atoms with van der Waals surface area (Å²) < 4.78 is 6.43. The van der Waals surface area contributed by atoms with E-state index < -0.39 is 0 Å². The highest BCUT2D eigenvalue weighted by Crippen LogP contribution is 2.34. The van der Waals surface area contributed by atoms with Gasteiger partial charge in [0.1, 0.15) is 4.88 Å². The third-order valence-electron chi connectivity index (χ3n) is 4.81. The molecule has 29 heavy (non-hydrogen) atoms. The summed E-state index contributed by atoms with van der Waals surface area (Å²) in [6.07, 6.45) is 3.22. The van der Waals surface area contributed by atoms with Crippen LogP contribution in [0.25, 0.3) is 10.4 Å². The van der Waals surface area contributed by atoms with Gasteiger partial charge in [-0.3, -0.25) is 4.79 Å². The van der Waals surface area contributed by atoms with Gasteiger partial charge in [-0.25, -0.2) is 4.79 Å². The number of rotatable bonds is 6. The van der Waals surface area contributed by atoms with Gasteiger partial charge in [-0.15, -0.1) is 11.3 Å². The predicted molar refractivity (Wildman–Crippen MR) is 125 cm³/mol. The molecule has 1 fully saturated rings. The fourth-order valence-corrected chi connectivity index (χ4v) is 4.80. The number of nitrogens with two attached hydrogens (primary N) is 1. The Kier molecular flexibility index (Phi) is 7.77. The summed E-state index contributed by atoms with van der Waals surface area (Å²) in [7, 11) is 0. The molecule has 2 heterocycles. The number of anilines is 1. The number of unbranched alkanes of at least 4 members (excludes halogenated alkanes) is 1. The second kappa shape index (κ2) is 10.3. The lowest BCUT2D eigenvalue weighted by Gasteiger charge is -2.32. The van der Waals surface area contributed by atoms with E-state index >= 15 is 0 Å². The zero-order valence-corrected chi connectivity index (χ0v) is 19.4. The Morgan fingerprint density at radius 2 is 2.21 bits per heavy atom. The number of hydrogen-bond donors (Lipinski definition) is 2. The van der Waals surface area contributed by atoms with Crippen LogP contribution in [-0.2, 0) is 4.74 Å². The lowest BCUT2D eigenvalue weighted by Crippen LogP contribution is -2.49. The van der Waals surface area contributed by atoms with E-state index in [4.69, 9.17) is 10.5 Å². The Labute approximate surface area is 188 Å². The standard InChI is InChI=1S/C21H26IN3O3S/c1-2-3-10-28-21(27)25-9-5-8-16(13-25)24-20(26)19-17(23)12-18(29-19)14-6-4-7-15(22)11-14/h4,6-7,11-12,16H,2-3,5,8-10,13,23H2,1H3,(H,24,26)/t16-/m0/s1. The van der Waals surface area contributed by atoms with Crippen LogP contribution in [0.5, 0.6) is 0 Å². The number of nitrogen functional groups attached to an aromatic ring is 1. The van der Waals surface area contributed by atoms with Crippen molar-refractivity contribution in [2.45, 2.75) is 38.6 Å². The van der Waals surface area contributed by atoms with E-state index in [9.17, 15) is 9.59 Å². The van der Waals surface area contributed by atoms with Crippen LogP contribution in [0.4, 0.5) is 10.5 Å². The number of hydrogen-bond acceptors (Lipinski definition) is 5. The Hall–Kier alpha value is -1.81. The topological polar surface area (TPSA) is 84.7 Å². The van der Waals surface area contributed by atoms with E-state index in [2.05, 4.69) is 40.9 Å². The Morgan fingerprint density at radius 3 is 2.97 bits per heavy atom. The van der Waals surface area contributed by atoms with Gasteiger partial charge in [0.05, 0.1) is 12.3 Å². The smallest absolute Gasteiger partial charge is 0.409 e. The number of piperidine rings is 1. The van der Waals surface area contributed by atoms with Crippen LogP contribution >= 0.6 is 33.9 Å². The average molecular weight is 527 g/mol. The lowest BCUT2D eigenvalue weighted by molar-refractivity contribution is 0.0798. The number of benzene rings is 1.